The number of rotatable bonds is 4. The van der Waals surface area contributed by atoms with Crippen LogP contribution in [0.2, 0.25) is 0 Å². The third-order valence-corrected chi connectivity index (χ3v) is 3.71. The van der Waals surface area contributed by atoms with Crippen LogP contribution in [0.15, 0.2) is 53.3 Å². The second-order valence-electron chi connectivity index (χ2n) is 4.55. The van der Waals surface area contributed by atoms with Gasteiger partial charge in [-0.05, 0) is 30.3 Å². The number of halogens is 1. The van der Waals surface area contributed by atoms with Crippen molar-refractivity contribution in [2.45, 2.75) is 6.54 Å². The molecule has 0 unspecified atom stereocenters. The van der Waals surface area contributed by atoms with Gasteiger partial charge in [0, 0.05) is 40.0 Å². The van der Waals surface area contributed by atoms with Crippen LogP contribution in [0.1, 0.15) is 5.56 Å². The predicted octanol–water partition coefficient (Wildman–Crippen LogP) is 4.01. The van der Waals surface area contributed by atoms with E-state index in [1.54, 1.807) is 19.5 Å². The Hall–Kier alpha value is -2.14. The van der Waals surface area contributed by atoms with E-state index in [9.17, 15) is 0 Å². The number of nitrogens with zero attached hydrogens (tertiary/aromatic N) is 2. The van der Waals surface area contributed by atoms with E-state index in [2.05, 4.69) is 37.3 Å². The van der Waals surface area contributed by atoms with Crippen LogP contribution < -0.4 is 10.1 Å². The number of fused-ring (bicyclic) bond motifs is 1. The zero-order valence-corrected chi connectivity index (χ0v) is 13.1. The molecule has 5 heteroatoms. The first-order valence-corrected chi connectivity index (χ1v) is 7.33. The highest BCUT2D eigenvalue weighted by Crippen LogP contribution is 2.25. The minimum absolute atomic E-state index is 0.645. The fraction of sp³-hybridized carbons (Fsp3) is 0.125. The SMILES string of the molecule is COc1ncccc1CNc1ccnc2cc(Br)ccc12. The minimum atomic E-state index is 0.645. The number of benzene rings is 1. The average molecular weight is 344 g/mol. The van der Waals surface area contributed by atoms with Crippen molar-refractivity contribution in [1.82, 2.24) is 9.97 Å². The van der Waals surface area contributed by atoms with Gasteiger partial charge in [-0.3, -0.25) is 4.98 Å². The molecule has 0 aliphatic heterocycles. The molecule has 0 aliphatic carbocycles. The van der Waals surface area contributed by atoms with Crippen LogP contribution in [-0.2, 0) is 6.54 Å². The van der Waals surface area contributed by atoms with Gasteiger partial charge in [-0.25, -0.2) is 4.98 Å². The van der Waals surface area contributed by atoms with Crippen molar-refractivity contribution < 1.29 is 4.74 Å². The number of nitrogens with one attached hydrogen (secondary N) is 1. The molecule has 0 aliphatic rings. The molecule has 0 bridgehead atoms. The first kappa shape index (κ1) is 13.8. The molecular formula is C16H14BrN3O. The molecule has 0 saturated carbocycles. The van der Waals surface area contributed by atoms with Gasteiger partial charge in [-0.15, -0.1) is 0 Å². The molecule has 1 aromatic carbocycles. The predicted molar refractivity (Wildman–Crippen MR) is 87.6 cm³/mol. The molecule has 4 nitrogen and oxygen atoms in total. The zero-order valence-electron chi connectivity index (χ0n) is 11.5. The Kier molecular flexibility index (Phi) is 4.01. The van der Waals surface area contributed by atoms with Gasteiger partial charge in [0.1, 0.15) is 0 Å². The van der Waals surface area contributed by atoms with Crippen LogP contribution in [0.4, 0.5) is 5.69 Å². The van der Waals surface area contributed by atoms with E-state index in [1.165, 1.54) is 0 Å². The van der Waals surface area contributed by atoms with Crippen molar-refractivity contribution in [1.29, 1.82) is 0 Å². The monoisotopic (exact) mass is 343 g/mol. The Bertz CT molecular complexity index is 776. The van der Waals surface area contributed by atoms with Gasteiger partial charge >= 0.3 is 0 Å². The fourth-order valence-corrected chi connectivity index (χ4v) is 2.56. The molecule has 0 saturated heterocycles. The largest absolute Gasteiger partial charge is 0.481 e. The summed E-state index contributed by atoms with van der Waals surface area (Å²) in [5.41, 5.74) is 3.01. The van der Waals surface area contributed by atoms with Crippen molar-refractivity contribution in [3.8, 4) is 5.88 Å². The zero-order chi connectivity index (χ0) is 14.7. The lowest BCUT2D eigenvalue weighted by Crippen LogP contribution is -2.03. The highest BCUT2D eigenvalue weighted by atomic mass is 79.9. The molecule has 0 fully saturated rings. The van der Waals surface area contributed by atoms with Crippen molar-refractivity contribution >= 4 is 32.5 Å². The van der Waals surface area contributed by atoms with Crippen LogP contribution in [-0.4, -0.2) is 17.1 Å². The molecule has 2 heterocycles. The number of hydrogen-bond donors (Lipinski definition) is 1. The first-order valence-electron chi connectivity index (χ1n) is 6.54. The topological polar surface area (TPSA) is 47.0 Å². The van der Waals surface area contributed by atoms with Gasteiger partial charge in [0.25, 0.3) is 0 Å². The highest BCUT2D eigenvalue weighted by Gasteiger charge is 2.05. The van der Waals surface area contributed by atoms with E-state index < -0.39 is 0 Å². The van der Waals surface area contributed by atoms with E-state index in [-0.39, 0.29) is 0 Å². The van der Waals surface area contributed by atoms with Crippen LogP contribution >= 0.6 is 15.9 Å². The molecule has 3 aromatic rings. The number of aromatic nitrogens is 2. The number of hydrogen-bond acceptors (Lipinski definition) is 4. The summed E-state index contributed by atoms with van der Waals surface area (Å²) in [4.78, 5) is 8.59. The molecular weight excluding hydrogens is 330 g/mol. The first-order chi connectivity index (χ1) is 10.3. The van der Waals surface area contributed by atoms with Gasteiger partial charge in [0.05, 0.1) is 12.6 Å². The summed E-state index contributed by atoms with van der Waals surface area (Å²) in [6.07, 6.45) is 3.53. The maximum Gasteiger partial charge on any atom is 0.218 e. The van der Waals surface area contributed by atoms with Gasteiger partial charge in [0.2, 0.25) is 5.88 Å². The Morgan fingerprint density at radius 2 is 2.05 bits per heavy atom. The molecule has 3 rings (SSSR count). The van der Waals surface area contributed by atoms with Crippen LogP contribution in [0.3, 0.4) is 0 Å². The summed E-state index contributed by atoms with van der Waals surface area (Å²) in [7, 11) is 1.63. The maximum atomic E-state index is 5.27. The third kappa shape index (κ3) is 2.97. The molecule has 2 aromatic heterocycles. The molecule has 106 valence electrons. The number of anilines is 1. The van der Waals surface area contributed by atoms with Crippen LogP contribution in [0, 0.1) is 0 Å². The van der Waals surface area contributed by atoms with Crippen molar-refractivity contribution in [2.75, 3.05) is 12.4 Å². The number of ether oxygens (including phenoxy) is 1. The lowest BCUT2D eigenvalue weighted by molar-refractivity contribution is 0.393. The second-order valence-corrected chi connectivity index (χ2v) is 5.46. The smallest absolute Gasteiger partial charge is 0.218 e. The van der Waals surface area contributed by atoms with Gasteiger partial charge in [0.15, 0.2) is 0 Å². The third-order valence-electron chi connectivity index (χ3n) is 3.22. The van der Waals surface area contributed by atoms with Crippen LogP contribution in [0.5, 0.6) is 5.88 Å². The van der Waals surface area contributed by atoms with Gasteiger partial charge < -0.3 is 10.1 Å². The molecule has 1 N–H and O–H groups in total. The van der Waals surface area contributed by atoms with Gasteiger partial charge in [-0.1, -0.05) is 22.0 Å². The summed E-state index contributed by atoms with van der Waals surface area (Å²) in [6, 6.07) is 11.9. The summed E-state index contributed by atoms with van der Waals surface area (Å²) < 4.78 is 6.29. The summed E-state index contributed by atoms with van der Waals surface area (Å²) in [6.45, 7) is 0.645. The summed E-state index contributed by atoms with van der Waals surface area (Å²) in [5, 5.41) is 4.51. The van der Waals surface area contributed by atoms with E-state index in [4.69, 9.17) is 4.74 Å². The van der Waals surface area contributed by atoms with Crippen molar-refractivity contribution in [2.24, 2.45) is 0 Å². The second kappa shape index (κ2) is 6.10. The molecule has 0 amide bonds. The Morgan fingerprint density at radius 1 is 1.14 bits per heavy atom. The fourth-order valence-electron chi connectivity index (χ4n) is 2.21. The molecule has 0 atom stereocenters. The van der Waals surface area contributed by atoms with E-state index in [0.717, 1.165) is 26.6 Å². The Labute approximate surface area is 131 Å². The maximum absolute atomic E-state index is 5.27. The average Bonchev–Trinajstić information content (AvgIpc) is 2.52. The quantitative estimate of drug-likeness (QED) is 0.777. The highest BCUT2D eigenvalue weighted by molar-refractivity contribution is 9.10. The summed E-state index contributed by atoms with van der Waals surface area (Å²) in [5.74, 6) is 0.645. The molecule has 0 spiro atoms. The van der Waals surface area contributed by atoms with Crippen molar-refractivity contribution in [3.05, 3.63) is 58.8 Å². The standard InChI is InChI=1S/C16H14BrN3O/c1-21-16-11(3-2-7-19-16)10-20-14-6-8-18-15-9-12(17)4-5-13(14)15/h2-9H,10H2,1H3,(H,18,20). The molecule has 21 heavy (non-hydrogen) atoms. The summed E-state index contributed by atoms with van der Waals surface area (Å²) >= 11 is 3.47. The van der Waals surface area contributed by atoms with Crippen LogP contribution in [0.25, 0.3) is 10.9 Å². The number of methoxy groups -OCH3 is 1. The lowest BCUT2D eigenvalue weighted by Gasteiger charge is -2.11. The van der Waals surface area contributed by atoms with E-state index in [1.807, 2.05) is 30.3 Å². The van der Waals surface area contributed by atoms with E-state index >= 15 is 0 Å². The Morgan fingerprint density at radius 3 is 2.90 bits per heavy atom. The van der Waals surface area contributed by atoms with Gasteiger partial charge in [-0.2, -0.15) is 0 Å². The lowest BCUT2D eigenvalue weighted by atomic mass is 10.2. The molecule has 0 radical (unpaired) electrons. The Balaban J connectivity index is 1.88. The van der Waals surface area contributed by atoms with Crippen molar-refractivity contribution in [3.63, 3.8) is 0 Å². The number of pyridine rings is 2. The van der Waals surface area contributed by atoms with E-state index in [0.29, 0.717) is 12.4 Å². The normalized spacial score (nSPS) is 10.6. The minimum Gasteiger partial charge on any atom is -0.481 e.